The largest absolute Gasteiger partial charge is 0.497 e. The molecule has 1 aliphatic rings. The zero-order chi connectivity index (χ0) is 19.4. The molecule has 0 bridgehead atoms. The van der Waals surface area contributed by atoms with E-state index in [0.717, 1.165) is 0 Å². The molecule has 3 N–H and O–H groups in total. The van der Waals surface area contributed by atoms with Gasteiger partial charge in [-0.2, -0.15) is 0 Å². The number of hydrogen-bond donors (Lipinski definition) is 3. The minimum absolute atomic E-state index is 0.0406. The van der Waals surface area contributed by atoms with E-state index in [4.69, 9.17) is 4.74 Å². The van der Waals surface area contributed by atoms with Crippen molar-refractivity contribution < 1.29 is 27.6 Å². The first-order chi connectivity index (χ1) is 12.1. The van der Waals surface area contributed by atoms with Gasteiger partial charge in [-0.25, -0.2) is 8.42 Å². The number of hydrogen-bond acceptors (Lipinski definition) is 5. The van der Waals surface area contributed by atoms with Crippen molar-refractivity contribution in [2.75, 3.05) is 44.1 Å². The number of ether oxygens (including phenoxy) is 1. The summed E-state index contributed by atoms with van der Waals surface area (Å²) in [6, 6.07) is 7.02. The van der Waals surface area contributed by atoms with Gasteiger partial charge < -0.3 is 20.3 Å². The molecule has 2 atom stereocenters. The van der Waals surface area contributed by atoms with Gasteiger partial charge in [0.1, 0.15) is 5.75 Å². The van der Waals surface area contributed by atoms with Gasteiger partial charge >= 0.3 is 0 Å². The molecule has 9 heteroatoms. The van der Waals surface area contributed by atoms with Crippen LogP contribution in [-0.2, 0) is 19.4 Å². The van der Waals surface area contributed by atoms with Crippen molar-refractivity contribution in [3.63, 3.8) is 0 Å². The molecule has 1 heterocycles. The summed E-state index contributed by atoms with van der Waals surface area (Å²) < 4.78 is 28.3. The lowest BCUT2D eigenvalue weighted by atomic mass is 10.0. The third-order valence-electron chi connectivity index (χ3n) is 4.22. The number of sulfone groups is 1. The standard InChI is InChI=1S/C17H25N3O5S/c1-17(7-8-26(23,24)12-17)19-16(22)11-20(2)10-15(21)18-13-5-4-6-14(9-13)25-3/h4-6,9H,7-8,10-12H2,1-3H3,(H,18,21)(H,19,22)/p+1/t17-/m1/s1. The van der Waals surface area contributed by atoms with Crippen molar-refractivity contribution in [1.29, 1.82) is 0 Å². The Kier molecular flexibility index (Phi) is 6.25. The number of carbonyl (C=O) groups excluding carboxylic acids is 2. The average molecular weight is 384 g/mol. The first-order valence-corrected chi connectivity index (χ1v) is 10.2. The molecule has 1 aromatic carbocycles. The highest BCUT2D eigenvalue weighted by atomic mass is 32.2. The van der Waals surface area contributed by atoms with Gasteiger partial charge in [-0.1, -0.05) is 6.07 Å². The van der Waals surface area contributed by atoms with Gasteiger partial charge in [-0.05, 0) is 25.5 Å². The van der Waals surface area contributed by atoms with Crippen molar-refractivity contribution in [2.24, 2.45) is 0 Å². The zero-order valence-electron chi connectivity index (χ0n) is 15.3. The molecule has 1 aliphatic heterocycles. The topological polar surface area (TPSA) is 106 Å². The first kappa shape index (κ1) is 20.2. The normalized spacial score (nSPS) is 22.4. The van der Waals surface area contributed by atoms with Gasteiger partial charge in [0.25, 0.3) is 11.8 Å². The predicted octanol–water partition coefficient (Wildman–Crippen LogP) is -1.16. The number of benzene rings is 1. The van der Waals surface area contributed by atoms with E-state index in [1.807, 2.05) is 0 Å². The summed E-state index contributed by atoms with van der Waals surface area (Å²) in [5.41, 5.74) is -0.103. The van der Waals surface area contributed by atoms with E-state index in [1.165, 1.54) is 0 Å². The number of anilines is 1. The van der Waals surface area contributed by atoms with Gasteiger partial charge in [-0.3, -0.25) is 9.59 Å². The van der Waals surface area contributed by atoms with Gasteiger partial charge in [0.05, 0.1) is 31.2 Å². The molecule has 0 aliphatic carbocycles. The molecule has 0 radical (unpaired) electrons. The lowest BCUT2D eigenvalue weighted by Gasteiger charge is -2.24. The Morgan fingerprint density at radius 1 is 1.27 bits per heavy atom. The summed E-state index contributed by atoms with van der Waals surface area (Å²) >= 11 is 0. The van der Waals surface area contributed by atoms with Crippen LogP contribution in [0.25, 0.3) is 0 Å². The van der Waals surface area contributed by atoms with Crippen LogP contribution in [-0.4, -0.2) is 64.5 Å². The maximum Gasteiger partial charge on any atom is 0.279 e. The van der Waals surface area contributed by atoms with Crippen LogP contribution in [0.5, 0.6) is 5.75 Å². The van der Waals surface area contributed by atoms with Crippen LogP contribution in [0.2, 0.25) is 0 Å². The van der Waals surface area contributed by atoms with Gasteiger partial charge in [0.2, 0.25) is 0 Å². The third-order valence-corrected chi connectivity index (χ3v) is 6.13. The summed E-state index contributed by atoms with van der Waals surface area (Å²) in [5, 5.41) is 5.55. The van der Waals surface area contributed by atoms with Crippen LogP contribution in [0.3, 0.4) is 0 Å². The van der Waals surface area contributed by atoms with Crippen LogP contribution < -0.4 is 20.3 Å². The fourth-order valence-corrected chi connectivity index (χ4v) is 5.10. The molecular formula is C17H26N3O5S+. The molecule has 26 heavy (non-hydrogen) atoms. The van der Waals surface area contributed by atoms with Crippen LogP contribution in [0.15, 0.2) is 24.3 Å². The number of nitrogens with one attached hydrogen (secondary N) is 3. The molecule has 1 aromatic rings. The highest BCUT2D eigenvalue weighted by molar-refractivity contribution is 7.91. The minimum atomic E-state index is -3.08. The van der Waals surface area contributed by atoms with Gasteiger partial charge in [0, 0.05) is 11.8 Å². The van der Waals surface area contributed by atoms with Crippen LogP contribution in [0.4, 0.5) is 5.69 Å². The Morgan fingerprint density at radius 2 is 1.96 bits per heavy atom. The highest BCUT2D eigenvalue weighted by Crippen LogP contribution is 2.22. The average Bonchev–Trinajstić information content (AvgIpc) is 2.79. The van der Waals surface area contributed by atoms with Crippen molar-refractivity contribution in [1.82, 2.24) is 5.32 Å². The number of rotatable bonds is 7. The van der Waals surface area contributed by atoms with E-state index in [0.29, 0.717) is 22.8 Å². The second kappa shape index (κ2) is 8.05. The molecule has 0 saturated carbocycles. The highest BCUT2D eigenvalue weighted by Gasteiger charge is 2.39. The lowest BCUT2D eigenvalue weighted by Crippen LogP contribution is -3.11. The van der Waals surface area contributed by atoms with Crippen molar-refractivity contribution in [3.8, 4) is 5.75 Å². The summed E-state index contributed by atoms with van der Waals surface area (Å²) in [6.45, 7) is 1.93. The van der Waals surface area contributed by atoms with E-state index >= 15 is 0 Å². The fourth-order valence-electron chi connectivity index (χ4n) is 3.01. The molecule has 0 aromatic heterocycles. The maximum absolute atomic E-state index is 12.2. The van der Waals surface area contributed by atoms with E-state index in [1.54, 1.807) is 45.3 Å². The summed E-state index contributed by atoms with van der Waals surface area (Å²) in [4.78, 5) is 25.0. The fraction of sp³-hybridized carbons (Fsp3) is 0.529. The Balaban J connectivity index is 1.81. The summed E-state index contributed by atoms with van der Waals surface area (Å²) in [7, 11) is 0.200. The molecule has 0 spiro atoms. The van der Waals surface area contributed by atoms with Crippen molar-refractivity contribution in [2.45, 2.75) is 18.9 Å². The Hall–Kier alpha value is -2.13. The van der Waals surface area contributed by atoms with Crippen LogP contribution in [0.1, 0.15) is 13.3 Å². The number of carbonyl (C=O) groups is 2. The van der Waals surface area contributed by atoms with Gasteiger partial charge in [-0.15, -0.1) is 0 Å². The molecule has 1 saturated heterocycles. The van der Waals surface area contributed by atoms with E-state index < -0.39 is 15.4 Å². The second-order valence-electron chi connectivity index (χ2n) is 7.04. The second-order valence-corrected chi connectivity index (χ2v) is 9.23. The molecular weight excluding hydrogens is 358 g/mol. The van der Waals surface area contributed by atoms with Gasteiger partial charge in [0.15, 0.2) is 22.9 Å². The monoisotopic (exact) mass is 384 g/mol. The number of likely N-dealkylation sites (N-methyl/N-ethyl adjacent to an activating group) is 1. The van der Waals surface area contributed by atoms with Crippen LogP contribution in [0, 0.1) is 0 Å². The van der Waals surface area contributed by atoms with E-state index in [9.17, 15) is 18.0 Å². The summed E-state index contributed by atoms with van der Waals surface area (Å²) in [6.07, 6.45) is 0.413. The zero-order valence-corrected chi connectivity index (χ0v) is 16.1. The smallest absolute Gasteiger partial charge is 0.279 e. The molecule has 1 unspecified atom stereocenters. The SMILES string of the molecule is COc1cccc(NC(=O)C[NH+](C)CC(=O)N[C@]2(C)CCS(=O)(=O)C2)c1. The van der Waals surface area contributed by atoms with E-state index in [2.05, 4.69) is 10.6 Å². The predicted molar refractivity (Wildman–Crippen MR) is 98.1 cm³/mol. The minimum Gasteiger partial charge on any atom is -0.497 e. The maximum atomic E-state index is 12.2. The van der Waals surface area contributed by atoms with Crippen molar-refractivity contribution >= 4 is 27.3 Å². The summed E-state index contributed by atoms with van der Waals surface area (Å²) in [5.74, 6) is 0.202. The molecule has 8 nitrogen and oxygen atoms in total. The third kappa shape index (κ3) is 5.99. The quantitative estimate of drug-likeness (QED) is 0.550. The van der Waals surface area contributed by atoms with Crippen LogP contribution >= 0.6 is 0 Å². The Labute approximate surface area is 153 Å². The molecule has 1 fully saturated rings. The number of amides is 2. The lowest BCUT2D eigenvalue weighted by molar-refractivity contribution is -0.862. The van der Waals surface area contributed by atoms with Crippen molar-refractivity contribution in [3.05, 3.63) is 24.3 Å². The first-order valence-electron chi connectivity index (χ1n) is 8.37. The van der Waals surface area contributed by atoms with E-state index in [-0.39, 0.29) is 36.4 Å². The number of quaternary nitrogens is 1. The number of methoxy groups -OCH3 is 1. The molecule has 2 rings (SSSR count). The molecule has 144 valence electrons. The Morgan fingerprint density at radius 3 is 2.58 bits per heavy atom. The molecule has 2 amide bonds. The Bertz CT molecular complexity index is 780.